The molecule has 1 aromatic carbocycles. The van der Waals surface area contributed by atoms with Gasteiger partial charge < -0.3 is 14.9 Å². The first-order valence-electron chi connectivity index (χ1n) is 5.82. The topological polar surface area (TPSA) is 83.3 Å². The molecule has 0 amide bonds. The summed E-state index contributed by atoms with van der Waals surface area (Å²) >= 11 is 12.3. The summed E-state index contributed by atoms with van der Waals surface area (Å²) in [6.45, 7) is 0. The molecule has 0 radical (unpaired) electrons. The molecule has 6 nitrogen and oxygen atoms in total. The van der Waals surface area contributed by atoms with E-state index in [-0.39, 0.29) is 15.8 Å². The molecule has 0 bridgehead atoms. The highest BCUT2D eigenvalue weighted by Gasteiger charge is 2.18. The largest absolute Gasteiger partial charge is 0.481 e. The van der Waals surface area contributed by atoms with Gasteiger partial charge in [0.25, 0.3) is 5.71 Å². The number of nitrogen functional groups attached to an aromatic ring is 1. The minimum Gasteiger partial charge on any atom is -0.481 e. The van der Waals surface area contributed by atoms with Crippen LogP contribution in [0.15, 0.2) is 33.5 Å². The normalized spacial score (nSPS) is 11.0. The molecule has 0 aliphatic heterocycles. The summed E-state index contributed by atoms with van der Waals surface area (Å²) in [6.07, 6.45) is 0. The van der Waals surface area contributed by atoms with E-state index in [1.807, 2.05) is 0 Å². The summed E-state index contributed by atoms with van der Waals surface area (Å²) < 4.78 is 11.3. The monoisotopic (exact) mass is 325 g/mol. The maximum atomic E-state index is 12.1. The maximum Gasteiger partial charge on any atom is 0.426 e. The molecule has 0 atom stereocenters. The van der Waals surface area contributed by atoms with Crippen LogP contribution in [0, 0.1) is 0 Å². The van der Waals surface area contributed by atoms with Crippen molar-refractivity contribution in [1.29, 1.82) is 0 Å². The Morgan fingerprint density at radius 2 is 1.95 bits per heavy atom. The molecule has 3 rings (SSSR count). The van der Waals surface area contributed by atoms with Gasteiger partial charge in [0.15, 0.2) is 0 Å². The van der Waals surface area contributed by atoms with Gasteiger partial charge >= 0.3 is 5.76 Å². The second kappa shape index (κ2) is 4.98. The van der Waals surface area contributed by atoms with Gasteiger partial charge in [-0.2, -0.15) is 4.98 Å². The van der Waals surface area contributed by atoms with Crippen molar-refractivity contribution in [3.05, 3.63) is 44.9 Å². The SMILES string of the molecule is COc1ccc2c(n1)oc(=O)n2-c1c(Cl)cc(N)cc1Cl. The number of methoxy groups -OCH3 is 1. The molecule has 0 saturated heterocycles. The lowest BCUT2D eigenvalue weighted by Crippen LogP contribution is -2.13. The molecule has 0 aliphatic carbocycles. The number of halogens is 2. The Hall–Kier alpha value is -2.18. The van der Waals surface area contributed by atoms with Gasteiger partial charge in [-0.25, -0.2) is 9.36 Å². The van der Waals surface area contributed by atoms with Gasteiger partial charge in [0.1, 0.15) is 5.52 Å². The fourth-order valence-electron chi connectivity index (χ4n) is 2.01. The van der Waals surface area contributed by atoms with E-state index in [0.717, 1.165) is 0 Å². The smallest absolute Gasteiger partial charge is 0.426 e. The molecule has 8 heteroatoms. The number of rotatable bonds is 2. The van der Waals surface area contributed by atoms with Gasteiger partial charge in [-0.15, -0.1) is 0 Å². The van der Waals surface area contributed by atoms with E-state index >= 15 is 0 Å². The predicted octanol–water partition coefficient (Wildman–Crippen LogP) is 2.88. The lowest BCUT2D eigenvalue weighted by atomic mass is 10.2. The third-order valence-electron chi connectivity index (χ3n) is 2.89. The molecule has 3 aromatic rings. The Labute approximate surface area is 128 Å². The van der Waals surface area contributed by atoms with Crippen LogP contribution in [0.25, 0.3) is 16.9 Å². The number of nitrogens with two attached hydrogens (primary N) is 1. The fraction of sp³-hybridized carbons (Fsp3) is 0.0769. The summed E-state index contributed by atoms with van der Waals surface area (Å²) in [5.74, 6) is -0.322. The van der Waals surface area contributed by atoms with Gasteiger partial charge in [0.2, 0.25) is 5.88 Å². The lowest BCUT2D eigenvalue weighted by Gasteiger charge is -2.08. The molecule has 0 fully saturated rings. The number of fused-ring (bicyclic) bond motifs is 1. The van der Waals surface area contributed by atoms with E-state index in [0.29, 0.717) is 22.8 Å². The second-order valence-corrected chi connectivity index (χ2v) is 5.03. The highest BCUT2D eigenvalue weighted by atomic mass is 35.5. The van der Waals surface area contributed by atoms with Gasteiger partial charge in [0, 0.05) is 11.8 Å². The molecule has 108 valence electrons. The number of hydrogen-bond donors (Lipinski definition) is 1. The summed E-state index contributed by atoms with van der Waals surface area (Å²) in [6, 6.07) is 6.25. The highest BCUT2D eigenvalue weighted by molar-refractivity contribution is 6.38. The van der Waals surface area contributed by atoms with Crippen LogP contribution < -0.4 is 16.2 Å². The predicted molar refractivity (Wildman–Crippen MR) is 80.6 cm³/mol. The van der Waals surface area contributed by atoms with E-state index in [9.17, 15) is 4.79 Å². The zero-order chi connectivity index (χ0) is 15.1. The number of nitrogens with zero attached hydrogens (tertiary/aromatic N) is 2. The first-order valence-corrected chi connectivity index (χ1v) is 6.58. The van der Waals surface area contributed by atoms with Crippen molar-refractivity contribution in [1.82, 2.24) is 9.55 Å². The Morgan fingerprint density at radius 3 is 2.57 bits per heavy atom. The quantitative estimate of drug-likeness (QED) is 0.732. The number of benzene rings is 1. The molecule has 0 aliphatic rings. The average Bonchev–Trinajstić information content (AvgIpc) is 2.73. The molecule has 2 N–H and O–H groups in total. The molecular weight excluding hydrogens is 317 g/mol. The van der Waals surface area contributed by atoms with E-state index in [4.69, 9.17) is 38.1 Å². The van der Waals surface area contributed by atoms with Crippen LogP contribution >= 0.6 is 23.2 Å². The number of ether oxygens (including phenoxy) is 1. The third-order valence-corrected chi connectivity index (χ3v) is 3.47. The Bertz CT molecular complexity index is 878. The van der Waals surface area contributed by atoms with Crippen LogP contribution in [0.5, 0.6) is 5.88 Å². The zero-order valence-corrected chi connectivity index (χ0v) is 12.3. The van der Waals surface area contributed by atoms with Crippen LogP contribution in [0.2, 0.25) is 10.0 Å². The average molecular weight is 326 g/mol. The van der Waals surface area contributed by atoms with E-state index < -0.39 is 5.76 Å². The van der Waals surface area contributed by atoms with Crippen LogP contribution in [-0.4, -0.2) is 16.7 Å². The van der Waals surface area contributed by atoms with E-state index in [1.165, 1.54) is 23.8 Å². The van der Waals surface area contributed by atoms with Crippen molar-refractivity contribution in [2.45, 2.75) is 0 Å². The number of anilines is 1. The van der Waals surface area contributed by atoms with Gasteiger partial charge in [-0.3, -0.25) is 0 Å². The fourth-order valence-corrected chi connectivity index (χ4v) is 2.69. The van der Waals surface area contributed by atoms with Crippen LogP contribution in [0.3, 0.4) is 0 Å². The lowest BCUT2D eigenvalue weighted by molar-refractivity contribution is 0.396. The molecule has 0 unspecified atom stereocenters. The molecule has 21 heavy (non-hydrogen) atoms. The van der Waals surface area contributed by atoms with Gasteiger partial charge in [-0.05, 0) is 18.2 Å². The van der Waals surface area contributed by atoms with Crippen LogP contribution in [0.4, 0.5) is 5.69 Å². The van der Waals surface area contributed by atoms with Crippen LogP contribution in [0.1, 0.15) is 0 Å². The first-order chi connectivity index (χ1) is 10.0. The maximum absolute atomic E-state index is 12.1. The summed E-state index contributed by atoms with van der Waals surface area (Å²) in [5.41, 5.74) is 6.91. The number of oxazole rings is 1. The minimum absolute atomic E-state index is 0.128. The summed E-state index contributed by atoms with van der Waals surface area (Å²) in [4.78, 5) is 16.2. The molecular formula is C13H9Cl2N3O3. The standard InChI is InChI=1S/C13H9Cl2N3O3/c1-20-10-3-2-9-12(17-10)21-13(19)18(9)11-7(14)4-6(16)5-8(11)15/h2-5H,16H2,1H3. The first kappa shape index (κ1) is 13.8. The van der Waals surface area contributed by atoms with Crippen molar-refractivity contribution in [3.8, 4) is 11.6 Å². The van der Waals surface area contributed by atoms with E-state index in [1.54, 1.807) is 12.1 Å². The van der Waals surface area contributed by atoms with Crippen LogP contribution in [-0.2, 0) is 0 Å². The van der Waals surface area contributed by atoms with Crippen molar-refractivity contribution in [2.75, 3.05) is 12.8 Å². The van der Waals surface area contributed by atoms with Gasteiger partial charge in [-0.1, -0.05) is 23.2 Å². The minimum atomic E-state index is -0.653. The third kappa shape index (κ3) is 2.22. The Morgan fingerprint density at radius 1 is 1.29 bits per heavy atom. The number of hydrogen-bond acceptors (Lipinski definition) is 5. The van der Waals surface area contributed by atoms with Crippen molar-refractivity contribution in [3.63, 3.8) is 0 Å². The molecule has 2 heterocycles. The summed E-state index contributed by atoms with van der Waals surface area (Å²) in [5, 5.41) is 0.473. The zero-order valence-electron chi connectivity index (χ0n) is 10.8. The van der Waals surface area contributed by atoms with Crippen molar-refractivity contribution in [2.24, 2.45) is 0 Å². The molecule has 0 spiro atoms. The Kier molecular flexibility index (Phi) is 3.27. The molecule has 2 aromatic heterocycles. The highest BCUT2D eigenvalue weighted by Crippen LogP contribution is 2.32. The Balaban J connectivity index is 2.36. The number of aromatic nitrogens is 2. The second-order valence-electron chi connectivity index (χ2n) is 4.21. The summed E-state index contributed by atoms with van der Waals surface area (Å²) in [7, 11) is 1.47. The van der Waals surface area contributed by atoms with Crippen molar-refractivity contribution < 1.29 is 9.15 Å². The van der Waals surface area contributed by atoms with E-state index in [2.05, 4.69) is 4.98 Å². The van der Waals surface area contributed by atoms with Gasteiger partial charge in [0.05, 0.1) is 22.8 Å². The molecule has 0 saturated carbocycles. The van der Waals surface area contributed by atoms with Crippen molar-refractivity contribution >= 4 is 40.1 Å². The number of pyridine rings is 1.